The number of halogens is 4. The minimum Gasteiger partial charge on any atom is -0.335 e. The van der Waals surface area contributed by atoms with E-state index in [0.29, 0.717) is 5.02 Å². The molecule has 10 nitrogen and oxygen atoms in total. The lowest BCUT2D eigenvalue weighted by molar-refractivity contribution is -0.199. The van der Waals surface area contributed by atoms with Crippen LogP contribution >= 0.6 is 11.6 Å². The van der Waals surface area contributed by atoms with Gasteiger partial charge in [-0.1, -0.05) is 22.8 Å². The molecule has 0 spiro atoms. The van der Waals surface area contributed by atoms with Crippen molar-refractivity contribution in [1.29, 1.82) is 0 Å². The topological polar surface area (TPSA) is 132 Å². The molecule has 2 aromatic heterocycles. The van der Waals surface area contributed by atoms with Crippen LogP contribution in [-0.4, -0.2) is 39.2 Å². The van der Waals surface area contributed by atoms with E-state index < -0.39 is 23.9 Å². The minimum absolute atomic E-state index is 0.203. The first-order valence-electron chi connectivity index (χ1n) is 8.17. The molecule has 0 bridgehead atoms. The molecule has 1 aromatic carbocycles. The second-order valence-corrected chi connectivity index (χ2v) is 6.04. The number of carbonyl (C=O) groups is 2. The largest absolute Gasteiger partial charge is 0.493 e. The quantitative estimate of drug-likeness (QED) is 0.260. The molecular formula is C17H10ClF3N6O4. The maximum atomic E-state index is 12.5. The van der Waals surface area contributed by atoms with Crippen molar-refractivity contribution in [2.45, 2.75) is 6.18 Å². The summed E-state index contributed by atoms with van der Waals surface area (Å²) in [5.74, 6) is -4.05. The highest BCUT2D eigenvalue weighted by Gasteiger charge is 2.42. The third-order valence-corrected chi connectivity index (χ3v) is 3.66. The first-order chi connectivity index (χ1) is 14.7. The van der Waals surface area contributed by atoms with E-state index in [1.54, 1.807) is 6.07 Å². The number of amidine groups is 1. The number of hydrogen-bond donors (Lipinski definition) is 2. The van der Waals surface area contributed by atoms with E-state index in [4.69, 9.17) is 11.6 Å². The molecule has 0 fully saturated rings. The Labute approximate surface area is 176 Å². The SMILES string of the molecule is O=C(Nc1nonc1/C(=N/OC(=O)C(F)(F)F)Nc1cccc(Cl)c1)c1ccncc1. The molecule has 1 amide bonds. The fourth-order valence-corrected chi connectivity index (χ4v) is 2.27. The van der Waals surface area contributed by atoms with Gasteiger partial charge in [-0.15, -0.1) is 0 Å². The molecular weight excluding hydrogens is 445 g/mol. The van der Waals surface area contributed by atoms with Crippen LogP contribution in [0.3, 0.4) is 0 Å². The average molecular weight is 455 g/mol. The Morgan fingerprint density at radius 1 is 1.10 bits per heavy atom. The van der Waals surface area contributed by atoms with Crippen molar-refractivity contribution in [3.8, 4) is 0 Å². The predicted molar refractivity (Wildman–Crippen MR) is 100 cm³/mol. The van der Waals surface area contributed by atoms with Crippen LogP contribution < -0.4 is 10.6 Å². The fourth-order valence-electron chi connectivity index (χ4n) is 2.08. The summed E-state index contributed by atoms with van der Waals surface area (Å²) in [6.45, 7) is 0. The number of aromatic nitrogens is 3. The van der Waals surface area contributed by atoms with Crippen LogP contribution in [-0.2, 0) is 9.63 Å². The molecule has 0 aliphatic rings. The van der Waals surface area contributed by atoms with Gasteiger partial charge < -0.3 is 15.5 Å². The molecule has 0 atom stereocenters. The van der Waals surface area contributed by atoms with Gasteiger partial charge in [-0.3, -0.25) is 9.78 Å². The van der Waals surface area contributed by atoms with Crippen LogP contribution in [0.15, 0.2) is 58.6 Å². The normalized spacial score (nSPS) is 11.7. The molecule has 3 rings (SSSR count). The lowest BCUT2D eigenvalue weighted by Crippen LogP contribution is -2.25. The third kappa shape index (κ3) is 5.76. The molecule has 160 valence electrons. The van der Waals surface area contributed by atoms with E-state index in [2.05, 4.69) is 40.6 Å². The molecule has 14 heteroatoms. The number of benzene rings is 1. The predicted octanol–water partition coefficient (Wildman–Crippen LogP) is 3.25. The number of hydrogen-bond acceptors (Lipinski definition) is 8. The maximum Gasteiger partial charge on any atom is 0.493 e. The lowest BCUT2D eigenvalue weighted by atomic mass is 10.2. The van der Waals surface area contributed by atoms with Crippen molar-refractivity contribution in [2.75, 3.05) is 10.6 Å². The van der Waals surface area contributed by atoms with Gasteiger partial charge in [0, 0.05) is 28.7 Å². The molecule has 0 unspecified atom stereocenters. The third-order valence-electron chi connectivity index (χ3n) is 3.43. The molecule has 2 heterocycles. The van der Waals surface area contributed by atoms with Crippen LogP contribution in [0.25, 0.3) is 0 Å². The van der Waals surface area contributed by atoms with Gasteiger partial charge in [-0.2, -0.15) is 13.2 Å². The van der Waals surface area contributed by atoms with Crippen molar-refractivity contribution < 1.29 is 32.2 Å². The lowest BCUT2D eigenvalue weighted by Gasteiger charge is -2.09. The Morgan fingerprint density at radius 2 is 1.84 bits per heavy atom. The van der Waals surface area contributed by atoms with Crippen LogP contribution in [0.1, 0.15) is 16.1 Å². The van der Waals surface area contributed by atoms with Crippen LogP contribution in [0.5, 0.6) is 0 Å². The van der Waals surface area contributed by atoms with Gasteiger partial charge in [-0.25, -0.2) is 9.42 Å². The number of nitrogens with zero attached hydrogens (tertiary/aromatic N) is 4. The van der Waals surface area contributed by atoms with Gasteiger partial charge in [0.1, 0.15) is 0 Å². The maximum absolute atomic E-state index is 12.5. The van der Waals surface area contributed by atoms with Gasteiger partial charge in [0.2, 0.25) is 11.7 Å². The van der Waals surface area contributed by atoms with Crippen molar-refractivity contribution in [1.82, 2.24) is 15.3 Å². The van der Waals surface area contributed by atoms with Crippen LogP contribution in [0.4, 0.5) is 24.7 Å². The molecule has 31 heavy (non-hydrogen) atoms. The summed E-state index contributed by atoms with van der Waals surface area (Å²) in [6.07, 6.45) is -2.53. The highest BCUT2D eigenvalue weighted by molar-refractivity contribution is 6.31. The van der Waals surface area contributed by atoms with Crippen molar-refractivity contribution in [3.63, 3.8) is 0 Å². The number of alkyl halides is 3. The second kappa shape index (κ2) is 9.21. The summed E-state index contributed by atoms with van der Waals surface area (Å²) in [4.78, 5) is 31.1. The van der Waals surface area contributed by atoms with Gasteiger partial charge >= 0.3 is 12.1 Å². The number of oxime groups is 1. The summed E-state index contributed by atoms with van der Waals surface area (Å²) < 4.78 is 42.0. The fraction of sp³-hybridized carbons (Fsp3) is 0.0588. The van der Waals surface area contributed by atoms with Crippen molar-refractivity contribution in [2.24, 2.45) is 5.16 Å². The van der Waals surface area contributed by atoms with E-state index in [1.807, 2.05) is 0 Å². The Hall–Kier alpha value is -4.00. The number of carbonyl (C=O) groups excluding carboxylic acids is 2. The Bertz CT molecular complexity index is 1120. The van der Waals surface area contributed by atoms with Crippen LogP contribution in [0.2, 0.25) is 5.02 Å². The molecule has 0 saturated carbocycles. The summed E-state index contributed by atoms with van der Waals surface area (Å²) in [5, 5.41) is 15.4. The first kappa shape index (κ1) is 21.7. The standard InChI is InChI=1S/C17H10ClF3N6O4/c18-10-2-1-3-11(8-10)23-13(26-30-16(29)17(19,20)21)12-14(27-31-25-12)24-15(28)9-4-6-22-7-5-9/h1-8H,(H,23,26)(H,24,27,28). The highest BCUT2D eigenvalue weighted by atomic mass is 35.5. The Morgan fingerprint density at radius 3 is 2.52 bits per heavy atom. The Balaban J connectivity index is 1.91. The van der Waals surface area contributed by atoms with E-state index in [9.17, 15) is 22.8 Å². The monoisotopic (exact) mass is 454 g/mol. The minimum atomic E-state index is -5.29. The second-order valence-electron chi connectivity index (χ2n) is 5.60. The van der Waals surface area contributed by atoms with Gasteiger partial charge in [0.05, 0.1) is 0 Å². The van der Waals surface area contributed by atoms with Crippen LogP contribution in [0, 0.1) is 0 Å². The number of amides is 1. The highest BCUT2D eigenvalue weighted by Crippen LogP contribution is 2.20. The summed E-state index contributed by atoms with van der Waals surface area (Å²) >= 11 is 5.89. The number of anilines is 2. The Kier molecular flexibility index (Phi) is 6.45. The van der Waals surface area contributed by atoms with E-state index in [-0.39, 0.29) is 22.8 Å². The van der Waals surface area contributed by atoms with Crippen molar-refractivity contribution in [3.05, 3.63) is 65.1 Å². The van der Waals surface area contributed by atoms with Gasteiger partial charge in [0.15, 0.2) is 5.69 Å². The van der Waals surface area contributed by atoms with Gasteiger partial charge in [-0.05, 0) is 40.6 Å². The zero-order valence-corrected chi connectivity index (χ0v) is 15.8. The molecule has 0 saturated heterocycles. The van der Waals surface area contributed by atoms with Gasteiger partial charge in [0.25, 0.3) is 5.91 Å². The van der Waals surface area contributed by atoms with E-state index >= 15 is 0 Å². The van der Waals surface area contributed by atoms with Crippen molar-refractivity contribution >= 4 is 40.8 Å². The number of rotatable bonds is 5. The summed E-state index contributed by atoms with van der Waals surface area (Å²) in [7, 11) is 0. The van der Waals surface area contributed by atoms with E-state index in [1.165, 1.54) is 42.7 Å². The smallest absolute Gasteiger partial charge is 0.335 e. The summed E-state index contributed by atoms with van der Waals surface area (Å²) in [5.41, 5.74) is 0.106. The molecule has 0 aliphatic carbocycles. The number of nitrogens with one attached hydrogen (secondary N) is 2. The molecule has 2 N–H and O–H groups in total. The zero-order chi connectivity index (χ0) is 22.4. The molecule has 3 aromatic rings. The average Bonchev–Trinajstić information content (AvgIpc) is 3.18. The summed E-state index contributed by atoms with van der Waals surface area (Å²) in [6, 6.07) is 8.81. The molecule has 0 radical (unpaired) electrons. The molecule has 0 aliphatic heterocycles. The zero-order valence-electron chi connectivity index (χ0n) is 15.1. The van der Waals surface area contributed by atoms with E-state index in [0.717, 1.165) is 0 Å². The first-order valence-corrected chi connectivity index (χ1v) is 8.55. The number of pyridine rings is 1.